The summed E-state index contributed by atoms with van der Waals surface area (Å²) >= 11 is 0. The maximum Gasteiger partial charge on any atom is 0.321 e. The van der Waals surface area contributed by atoms with Crippen molar-refractivity contribution in [3.8, 4) is 6.07 Å². The number of likely N-dealkylation sites (tertiary alicyclic amines) is 1. The SMILES string of the molecule is CN1CCCC(CNC(=O)NC(=O)CC#N)C1. The van der Waals surface area contributed by atoms with E-state index in [2.05, 4.69) is 22.6 Å². The van der Waals surface area contributed by atoms with Crippen molar-refractivity contribution in [2.45, 2.75) is 19.3 Å². The first kappa shape index (κ1) is 13.5. The van der Waals surface area contributed by atoms with Gasteiger partial charge in [-0.1, -0.05) is 0 Å². The van der Waals surface area contributed by atoms with E-state index in [4.69, 9.17) is 5.26 Å². The van der Waals surface area contributed by atoms with Crippen LogP contribution in [0.5, 0.6) is 0 Å². The Hall–Kier alpha value is -1.61. The molecule has 0 radical (unpaired) electrons. The van der Waals surface area contributed by atoms with Crippen LogP contribution >= 0.6 is 0 Å². The Bertz CT molecular complexity index is 324. The molecule has 17 heavy (non-hydrogen) atoms. The first-order valence-electron chi connectivity index (χ1n) is 5.75. The summed E-state index contributed by atoms with van der Waals surface area (Å²) in [6, 6.07) is 1.17. The van der Waals surface area contributed by atoms with Crippen LogP contribution in [0, 0.1) is 17.2 Å². The number of carbonyl (C=O) groups is 2. The van der Waals surface area contributed by atoms with Crippen molar-refractivity contribution in [3.63, 3.8) is 0 Å². The van der Waals surface area contributed by atoms with Crippen molar-refractivity contribution >= 4 is 11.9 Å². The number of nitrogens with zero attached hydrogens (tertiary/aromatic N) is 2. The Balaban J connectivity index is 2.19. The maximum absolute atomic E-state index is 11.3. The predicted octanol–water partition coefficient (Wildman–Crippen LogP) is 0.0677. The average Bonchev–Trinajstić information content (AvgIpc) is 2.27. The molecule has 94 valence electrons. The molecule has 2 N–H and O–H groups in total. The van der Waals surface area contributed by atoms with Gasteiger partial charge in [0.15, 0.2) is 0 Å². The maximum atomic E-state index is 11.3. The minimum atomic E-state index is -0.564. The van der Waals surface area contributed by atoms with Crippen LogP contribution in [0.25, 0.3) is 0 Å². The van der Waals surface area contributed by atoms with Crippen LogP contribution in [0.15, 0.2) is 0 Å². The number of nitrogens with one attached hydrogen (secondary N) is 2. The second-order valence-corrected chi connectivity index (χ2v) is 4.36. The molecule has 1 unspecified atom stereocenters. The predicted molar refractivity (Wildman–Crippen MR) is 62.0 cm³/mol. The molecule has 1 fully saturated rings. The van der Waals surface area contributed by atoms with Crippen LogP contribution < -0.4 is 10.6 Å². The average molecular weight is 238 g/mol. The summed E-state index contributed by atoms with van der Waals surface area (Å²) in [5.41, 5.74) is 0. The van der Waals surface area contributed by atoms with Crippen LogP contribution in [0.3, 0.4) is 0 Å². The van der Waals surface area contributed by atoms with Gasteiger partial charge in [-0.2, -0.15) is 5.26 Å². The highest BCUT2D eigenvalue weighted by molar-refractivity contribution is 5.95. The third kappa shape index (κ3) is 5.31. The summed E-state index contributed by atoms with van der Waals surface area (Å²) < 4.78 is 0. The van der Waals surface area contributed by atoms with Crippen molar-refractivity contribution in [2.24, 2.45) is 5.92 Å². The molecule has 1 heterocycles. The van der Waals surface area contributed by atoms with Gasteiger partial charge in [-0.15, -0.1) is 0 Å². The highest BCUT2D eigenvalue weighted by atomic mass is 16.2. The first-order valence-corrected chi connectivity index (χ1v) is 5.75. The molecular weight excluding hydrogens is 220 g/mol. The first-order chi connectivity index (χ1) is 8.11. The summed E-state index contributed by atoms with van der Waals surface area (Å²) in [6.45, 7) is 2.63. The van der Waals surface area contributed by atoms with E-state index in [9.17, 15) is 9.59 Å². The van der Waals surface area contributed by atoms with E-state index in [-0.39, 0.29) is 6.42 Å². The normalized spacial score (nSPS) is 20.4. The second-order valence-electron chi connectivity index (χ2n) is 4.36. The summed E-state index contributed by atoms with van der Waals surface area (Å²) in [7, 11) is 2.06. The lowest BCUT2D eigenvalue weighted by Crippen LogP contribution is -2.44. The van der Waals surface area contributed by atoms with E-state index < -0.39 is 11.9 Å². The Morgan fingerprint density at radius 2 is 2.29 bits per heavy atom. The minimum Gasteiger partial charge on any atom is -0.337 e. The van der Waals surface area contributed by atoms with Crippen molar-refractivity contribution in [1.82, 2.24) is 15.5 Å². The van der Waals surface area contributed by atoms with Gasteiger partial charge in [-0.25, -0.2) is 4.79 Å². The number of urea groups is 1. The molecule has 0 bridgehead atoms. The number of carbonyl (C=O) groups excluding carboxylic acids is 2. The highest BCUT2D eigenvalue weighted by Crippen LogP contribution is 2.13. The number of rotatable bonds is 3. The Morgan fingerprint density at radius 3 is 2.94 bits per heavy atom. The van der Waals surface area contributed by atoms with E-state index in [0.29, 0.717) is 12.5 Å². The number of hydrogen-bond donors (Lipinski definition) is 2. The van der Waals surface area contributed by atoms with Gasteiger partial charge in [0.25, 0.3) is 0 Å². The number of piperidine rings is 1. The fourth-order valence-electron chi connectivity index (χ4n) is 1.96. The van der Waals surface area contributed by atoms with Crippen LogP contribution in [0.4, 0.5) is 4.79 Å². The number of nitriles is 1. The second kappa shape index (κ2) is 6.86. The lowest BCUT2D eigenvalue weighted by molar-refractivity contribution is -0.119. The van der Waals surface area contributed by atoms with Gasteiger partial charge in [0, 0.05) is 13.1 Å². The molecule has 1 saturated heterocycles. The molecule has 6 nitrogen and oxygen atoms in total. The largest absolute Gasteiger partial charge is 0.337 e. The molecule has 0 aliphatic carbocycles. The molecule has 0 aromatic heterocycles. The van der Waals surface area contributed by atoms with Crippen molar-refractivity contribution < 1.29 is 9.59 Å². The Morgan fingerprint density at radius 1 is 1.53 bits per heavy atom. The lowest BCUT2D eigenvalue weighted by atomic mass is 9.99. The van der Waals surface area contributed by atoms with Gasteiger partial charge < -0.3 is 10.2 Å². The summed E-state index contributed by atoms with van der Waals surface area (Å²) in [6.07, 6.45) is 1.94. The van der Waals surface area contributed by atoms with E-state index in [1.807, 2.05) is 0 Å². The molecule has 0 saturated carbocycles. The quantitative estimate of drug-likeness (QED) is 0.728. The van der Waals surface area contributed by atoms with Crippen molar-refractivity contribution in [3.05, 3.63) is 0 Å². The van der Waals surface area contributed by atoms with E-state index in [1.54, 1.807) is 6.07 Å². The Labute approximate surface area is 101 Å². The van der Waals surface area contributed by atoms with E-state index in [1.165, 1.54) is 0 Å². The molecular formula is C11H18N4O2. The minimum absolute atomic E-state index is 0.292. The van der Waals surface area contributed by atoms with Gasteiger partial charge in [0.2, 0.25) is 5.91 Å². The van der Waals surface area contributed by atoms with Gasteiger partial charge in [0.1, 0.15) is 6.42 Å². The molecule has 1 atom stereocenters. The number of amides is 3. The monoisotopic (exact) mass is 238 g/mol. The van der Waals surface area contributed by atoms with Gasteiger partial charge in [-0.05, 0) is 32.4 Å². The summed E-state index contributed by atoms with van der Waals surface area (Å²) in [5, 5.41) is 13.0. The fraction of sp³-hybridized carbons (Fsp3) is 0.727. The zero-order valence-corrected chi connectivity index (χ0v) is 10.0. The smallest absolute Gasteiger partial charge is 0.321 e. The van der Waals surface area contributed by atoms with E-state index in [0.717, 1.165) is 25.9 Å². The van der Waals surface area contributed by atoms with Crippen LogP contribution in [0.2, 0.25) is 0 Å². The Kier molecular flexibility index (Phi) is 5.43. The highest BCUT2D eigenvalue weighted by Gasteiger charge is 2.17. The van der Waals surface area contributed by atoms with Crippen molar-refractivity contribution in [1.29, 1.82) is 5.26 Å². The third-order valence-corrected chi connectivity index (χ3v) is 2.77. The molecule has 0 spiro atoms. The van der Waals surface area contributed by atoms with Gasteiger partial charge >= 0.3 is 6.03 Å². The third-order valence-electron chi connectivity index (χ3n) is 2.77. The molecule has 1 aliphatic heterocycles. The van der Waals surface area contributed by atoms with E-state index >= 15 is 0 Å². The molecule has 3 amide bonds. The van der Waals surface area contributed by atoms with Crippen LogP contribution in [0.1, 0.15) is 19.3 Å². The lowest BCUT2D eigenvalue weighted by Gasteiger charge is -2.29. The fourth-order valence-corrected chi connectivity index (χ4v) is 1.96. The number of hydrogen-bond acceptors (Lipinski definition) is 4. The standard InChI is InChI=1S/C11H18N4O2/c1-15-6-2-3-9(8-15)7-13-11(17)14-10(16)4-5-12/h9H,2-4,6-8H2,1H3,(H2,13,14,16,17). The summed E-state index contributed by atoms with van der Waals surface area (Å²) in [4.78, 5) is 24.5. The zero-order valence-electron chi connectivity index (χ0n) is 10.0. The molecule has 1 aliphatic rings. The topological polar surface area (TPSA) is 85.2 Å². The molecule has 1 rings (SSSR count). The molecule has 6 heteroatoms. The molecule has 0 aromatic rings. The van der Waals surface area contributed by atoms with Gasteiger partial charge in [0.05, 0.1) is 6.07 Å². The van der Waals surface area contributed by atoms with Crippen molar-refractivity contribution in [2.75, 3.05) is 26.7 Å². The van der Waals surface area contributed by atoms with Crippen LogP contribution in [-0.4, -0.2) is 43.5 Å². The van der Waals surface area contributed by atoms with Crippen LogP contribution in [-0.2, 0) is 4.79 Å². The zero-order chi connectivity index (χ0) is 12.7. The van der Waals surface area contributed by atoms with Gasteiger partial charge in [-0.3, -0.25) is 10.1 Å². The number of imide groups is 1. The molecule has 0 aromatic carbocycles. The summed E-state index contributed by atoms with van der Waals surface area (Å²) in [5.74, 6) is -0.128.